The molecule has 0 saturated heterocycles. The molecular weight excluding hydrogens is 283 g/mol. The largest absolute Gasteiger partial charge is 0.355 e. The topological polar surface area (TPSA) is 58.2 Å². The van der Waals surface area contributed by atoms with Gasteiger partial charge in [-0.15, -0.1) is 0 Å². The van der Waals surface area contributed by atoms with Gasteiger partial charge in [-0.25, -0.2) is 4.39 Å². The number of carbonyl (C=O) groups is 2. The van der Waals surface area contributed by atoms with Crippen molar-refractivity contribution in [2.45, 2.75) is 45.6 Å². The average Bonchev–Trinajstić information content (AvgIpc) is 3.20. The van der Waals surface area contributed by atoms with Gasteiger partial charge in [0.25, 0.3) is 0 Å². The number of halogens is 1. The van der Waals surface area contributed by atoms with Gasteiger partial charge in [-0.3, -0.25) is 9.59 Å². The summed E-state index contributed by atoms with van der Waals surface area (Å²) in [7, 11) is 0. The Bertz CT molecular complexity index is 557. The second kappa shape index (κ2) is 6.07. The third kappa shape index (κ3) is 4.06. The number of hydrogen-bond donors (Lipinski definition) is 2. The lowest BCUT2D eigenvalue weighted by Crippen LogP contribution is -2.49. The van der Waals surface area contributed by atoms with E-state index in [1.165, 1.54) is 12.1 Å². The minimum atomic E-state index is -0.893. The van der Waals surface area contributed by atoms with E-state index in [0.29, 0.717) is 25.8 Å². The summed E-state index contributed by atoms with van der Waals surface area (Å²) in [6.45, 7) is 6.13. The highest BCUT2D eigenvalue weighted by Gasteiger charge is 2.56. The van der Waals surface area contributed by atoms with Crippen LogP contribution in [0.2, 0.25) is 0 Å². The zero-order valence-electron chi connectivity index (χ0n) is 13.3. The lowest BCUT2D eigenvalue weighted by molar-refractivity contribution is -0.138. The Morgan fingerprint density at radius 3 is 2.23 bits per heavy atom. The van der Waals surface area contributed by atoms with Crippen LogP contribution in [-0.4, -0.2) is 23.9 Å². The number of benzene rings is 1. The van der Waals surface area contributed by atoms with Gasteiger partial charge in [-0.1, -0.05) is 12.1 Å². The van der Waals surface area contributed by atoms with E-state index in [2.05, 4.69) is 10.6 Å². The van der Waals surface area contributed by atoms with Crippen LogP contribution in [0.4, 0.5) is 4.39 Å². The van der Waals surface area contributed by atoms with E-state index in [1.807, 2.05) is 20.8 Å². The van der Waals surface area contributed by atoms with E-state index in [0.717, 1.165) is 5.56 Å². The maximum absolute atomic E-state index is 12.8. The maximum atomic E-state index is 12.8. The summed E-state index contributed by atoms with van der Waals surface area (Å²) in [5.41, 5.74) is -0.289. The Labute approximate surface area is 130 Å². The minimum Gasteiger partial charge on any atom is -0.355 e. The molecule has 0 atom stereocenters. The van der Waals surface area contributed by atoms with Crippen molar-refractivity contribution in [1.82, 2.24) is 10.6 Å². The van der Waals surface area contributed by atoms with E-state index in [4.69, 9.17) is 0 Å². The predicted molar refractivity (Wildman–Crippen MR) is 82.7 cm³/mol. The molecule has 120 valence electrons. The fraction of sp³-hybridized carbons (Fsp3) is 0.529. The number of nitrogens with one attached hydrogen (secondary N) is 2. The van der Waals surface area contributed by atoms with Crippen molar-refractivity contribution >= 4 is 11.8 Å². The molecule has 1 aliphatic rings. The smallest absolute Gasteiger partial charge is 0.236 e. The number of amides is 2. The molecule has 1 fully saturated rings. The number of rotatable bonds is 5. The highest BCUT2D eigenvalue weighted by Crippen LogP contribution is 2.46. The van der Waals surface area contributed by atoms with Crippen molar-refractivity contribution < 1.29 is 14.0 Å². The highest BCUT2D eigenvalue weighted by atomic mass is 19.1. The number of carbonyl (C=O) groups excluding carboxylic acids is 2. The van der Waals surface area contributed by atoms with Crippen LogP contribution in [0.1, 0.15) is 39.2 Å². The van der Waals surface area contributed by atoms with Crippen molar-refractivity contribution in [3.63, 3.8) is 0 Å². The molecule has 1 aromatic carbocycles. The fourth-order valence-corrected chi connectivity index (χ4v) is 2.28. The summed E-state index contributed by atoms with van der Waals surface area (Å²) in [4.78, 5) is 24.5. The third-order valence-electron chi connectivity index (χ3n) is 3.72. The molecule has 0 aromatic heterocycles. The van der Waals surface area contributed by atoms with Crippen molar-refractivity contribution in [2.75, 3.05) is 6.54 Å². The molecule has 22 heavy (non-hydrogen) atoms. The van der Waals surface area contributed by atoms with Gasteiger partial charge in [-0.2, -0.15) is 0 Å². The molecule has 2 N–H and O–H groups in total. The lowest BCUT2D eigenvalue weighted by atomic mass is 10.0. The van der Waals surface area contributed by atoms with Crippen LogP contribution in [0.15, 0.2) is 24.3 Å². The Morgan fingerprint density at radius 2 is 1.73 bits per heavy atom. The van der Waals surface area contributed by atoms with Gasteiger partial charge in [0.15, 0.2) is 0 Å². The van der Waals surface area contributed by atoms with Gasteiger partial charge < -0.3 is 10.6 Å². The quantitative estimate of drug-likeness (QED) is 0.819. The van der Waals surface area contributed by atoms with Crippen molar-refractivity contribution in [1.29, 1.82) is 0 Å². The molecule has 0 unspecified atom stereocenters. The Morgan fingerprint density at radius 1 is 1.14 bits per heavy atom. The molecule has 0 bridgehead atoms. The van der Waals surface area contributed by atoms with Gasteiger partial charge in [0.1, 0.15) is 11.2 Å². The normalized spacial score (nSPS) is 16.0. The van der Waals surface area contributed by atoms with Crippen molar-refractivity contribution in [2.24, 2.45) is 5.41 Å². The lowest BCUT2D eigenvalue weighted by Gasteiger charge is -2.24. The van der Waals surface area contributed by atoms with E-state index >= 15 is 0 Å². The molecular formula is C17H23FN2O2. The summed E-state index contributed by atoms with van der Waals surface area (Å²) in [5, 5.41) is 5.70. The van der Waals surface area contributed by atoms with Crippen LogP contribution < -0.4 is 10.6 Å². The first-order valence-electron chi connectivity index (χ1n) is 7.58. The molecule has 0 radical (unpaired) electrons. The van der Waals surface area contributed by atoms with Crippen LogP contribution in [0, 0.1) is 11.2 Å². The first-order valence-corrected chi connectivity index (χ1v) is 7.58. The predicted octanol–water partition coefficient (Wildman–Crippen LogP) is 2.18. The Kier molecular flexibility index (Phi) is 4.54. The summed E-state index contributed by atoms with van der Waals surface area (Å²) >= 11 is 0. The highest BCUT2D eigenvalue weighted by molar-refractivity contribution is 6.08. The van der Waals surface area contributed by atoms with Crippen molar-refractivity contribution in [3.8, 4) is 0 Å². The van der Waals surface area contributed by atoms with Gasteiger partial charge in [0.2, 0.25) is 11.8 Å². The molecule has 1 aromatic rings. The Hall–Kier alpha value is -1.91. The number of hydrogen-bond acceptors (Lipinski definition) is 2. The summed E-state index contributed by atoms with van der Waals surface area (Å²) in [5.74, 6) is -0.681. The molecule has 2 amide bonds. The summed E-state index contributed by atoms with van der Waals surface area (Å²) in [6.07, 6.45) is 1.80. The standard InChI is InChI=1S/C17H23FN2O2/c1-16(2,3)20-15(22)17(9-10-17)14(21)19-11-8-12-4-6-13(18)7-5-12/h4-7H,8-11H2,1-3H3,(H,19,21)(H,20,22). The van der Waals surface area contributed by atoms with Crippen LogP contribution in [0.5, 0.6) is 0 Å². The zero-order chi connectivity index (χ0) is 16.4. The van der Waals surface area contributed by atoms with E-state index < -0.39 is 5.41 Å². The first kappa shape index (κ1) is 16.5. The van der Waals surface area contributed by atoms with E-state index in [9.17, 15) is 14.0 Å². The second-order valence-corrected chi connectivity index (χ2v) is 6.92. The first-order chi connectivity index (χ1) is 10.2. The molecule has 1 aliphatic carbocycles. The van der Waals surface area contributed by atoms with Crippen LogP contribution >= 0.6 is 0 Å². The molecule has 5 heteroatoms. The van der Waals surface area contributed by atoms with E-state index in [1.54, 1.807) is 12.1 Å². The maximum Gasteiger partial charge on any atom is 0.236 e. The van der Waals surface area contributed by atoms with Crippen LogP contribution in [-0.2, 0) is 16.0 Å². The molecule has 2 rings (SSSR count). The van der Waals surface area contributed by atoms with Crippen molar-refractivity contribution in [3.05, 3.63) is 35.6 Å². The van der Waals surface area contributed by atoms with Gasteiger partial charge >= 0.3 is 0 Å². The van der Waals surface area contributed by atoms with Gasteiger partial charge in [0.05, 0.1) is 0 Å². The molecule has 1 saturated carbocycles. The average molecular weight is 306 g/mol. The van der Waals surface area contributed by atoms with Crippen LogP contribution in [0.25, 0.3) is 0 Å². The third-order valence-corrected chi connectivity index (χ3v) is 3.72. The van der Waals surface area contributed by atoms with Gasteiger partial charge in [0, 0.05) is 12.1 Å². The van der Waals surface area contributed by atoms with Crippen LogP contribution in [0.3, 0.4) is 0 Å². The SMILES string of the molecule is CC(C)(C)NC(=O)C1(C(=O)NCCc2ccc(F)cc2)CC1. The molecule has 0 heterocycles. The Balaban J connectivity index is 1.84. The van der Waals surface area contributed by atoms with E-state index in [-0.39, 0.29) is 23.2 Å². The second-order valence-electron chi connectivity index (χ2n) is 6.92. The zero-order valence-corrected chi connectivity index (χ0v) is 13.3. The minimum absolute atomic E-state index is 0.195. The van der Waals surface area contributed by atoms with Gasteiger partial charge in [-0.05, 0) is 57.7 Å². The monoisotopic (exact) mass is 306 g/mol. The fourth-order valence-electron chi connectivity index (χ4n) is 2.28. The molecule has 4 nitrogen and oxygen atoms in total. The summed E-state index contributed by atoms with van der Waals surface area (Å²) < 4.78 is 12.8. The summed E-state index contributed by atoms with van der Waals surface area (Å²) in [6, 6.07) is 6.19. The molecule has 0 aliphatic heterocycles. The molecule has 0 spiro atoms.